The Morgan fingerprint density at radius 2 is 0.836 bits per heavy atom. The van der Waals surface area contributed by atoms with Crippen LogP contribution in [-0.4, -0.2) is 9.13 Å². The highest BCUT2D eigenvalue weighted by atomic mass is 32.1. The van der Waals surface area contributed by atoms with Crippen LogP contribution in [0, 0.1) is 0 Å². The predicted octanol–water partition coefficient (Wildman–Crippen LogP) is 16.4. The van der Waals surface area contributed by atoms with Gasteiger partial charge in [0.15, 0.2) is 0 Å². The molecule has 13 aromatic rings. The Morgan fingerprint density at radius 1 is 0.262 bits per heavy atom. The quantitative estimate of drug-likeness (QED) is 0.168. The van der Waals surface area contributed by atoms with Crippen LogP contribution in [-0.2, 0) is 0 Å². The van der Waals surface area contributed by atoms with Crippen molar-refractivity contribution in [2.75, 3.05) is 0 Å². The van der Waals surface area contributed by atoms with Gasteiger partial charge in [0.25, 0.3) is 0 Å². The molecule has 0 atom stereocenters. The van der Waals surface area contributed by atoms with E-state index in [0.29, 0.717) is 0 Å². The highest BCUT2D eigenvalue weighted by Crippen LogP contribution is 2.49. The van der Waals surface area contributed by atoms with Gasteiger partial charge >= 0.3 is 0 Å². The van der Waals surface area contributed by atoms with Gasteiger partial charge in [0.2, 0.25) is 0 Å². The molecule has 1 aliphatic carbocycles. The fourth-order valence-corrected chi connectivity index (χ4v) is 11.7. The molecule has 282 valence electrons. The van der Waals surface area contributed by atoms with E-state index >= 15 is 0 Å². The van der Waals surface area contributed by atoms with Gasteiger partial charge in [-0.3, -0.25) is 0 Å². The highest BCUT2D eigenvalue weighted by molar-refractivity contribution is 7.25. The van der Waals surface area contributed by atoms with Gasteiger partial charge in [0.1, 0.15) is 0 Å². The summed E-state index contributed by atoms with van der Waals surface area (Å²) in [4.78, 5) is 0. The third-order valence-electron chi connectivity index (χ3n) is 13.3. The van der Waals surface area contributed by atoms with Crippen LogP contribution in [0.2, 0.25) is 0 Å². The average molecular weight is 791 g/mol. The number of rotatable bonds is 4. The van der Waals surface area contributed by atoms with Gasteiger partial charge in [-0.1, -0.05) is 140 Å². The molecule has 0 N–H and O–H groups in total. The number of thiophene rings is 1. The van der Waals surface area contributed by atoms with Crippen LogP contribution in [0.3, 0.4) is 0 Å². The van der Waals surface area contributed by atoms with Crippen molar-refractivity contribution in [3.05, 3.63) is 206 Å². The Hall–Kier alpha value is -7.72. The van der Waals surface area contributed by atoms with Crippen LogP contribution in [0.15, 0.2) is 206 Å². The number of nitrogens with zero attached hydrogens (tertiary/aromatic N) is 2. The monoisotopic (exact) mass is 790 g/mol. The molecule has 3 heteroatoms. The Kier molecular flexibility index (Phi) is 6.74. The summed E-state index contributed by atoms with van der Waals surface area (Å²) in [5.41, 5.74) is 17.3. The van der Waals surface area contributed by atoms with Gasteiger partial charge in [0.05, 0.1) is 22.1 Å². The van der Waals surface area contributed by atoms with Crippen molar-refractivity contribution in [3.63, 3.8) is 0 Å². The lowest BCUT2D eigenvalue weighted by atomic mass is 9.94. The maximum absolute atomic E-state index is 2.46. The molecular weight excluding hydrogens is 757 g/mol. The SMILES string of the molecule is c1cc(-c2ccc3c4c(cccc24)-c2ccccc2-3)cc(-n2c3ccccc3c3ccc(-c4ccc5c(c4)c4ccccc4n5-c4ccc5sc6ccccc6c5c4)cc32)c1. The van der Waals surface area contributed by atoms with Crippen LogP contribution >= 0.6 is 11.3 Å². The Labute approximate surface area is 355 Å². The smallest absolute Gasteiger partial charge is 0.0547 e. The summed E-state index contributed by atoms with van der Waals surface area (Å²) in [6.45, 7) is 0. The van der Waals surface area contributed by atoms with Gasteiger partial charge in [-0.25, -0.2) is 0 Å². The highest BCUT2D eigenvalue weighted by Gasteiger charge is 2.23. The summed E-state index contributed by atoms with van der Waals surface area (Å²) in [5.74, 6) is 0. The molecule has 61 heavy (non-hydrogen) atoms. The van der Waals surface area contributed by atoms with Gasteiger partial charge in [-0.15, -0.1) is 11.3 Å². The van der Waals surface area contributed by atoms with Crippen molar-refractivity contribution in [1.29, 1.82) is 0 Å². The second-order valence-corrected chi connectivity index (χ2v) is 17.5. The van der Waals surface area contributed by atoms with Gasteiger partial charge in [0, 0.05) is 53.1 Å². The van der Waals surface area contributed by atoms with E-state index < -0.39 is 0 Å². The maximum atomic E-state index is 2.46. The first-order valence-corrected chi connectivity index (χ1v) is 21.8. The van der Waals surface area contributed by atoms with Crippen LogP contribution in [0.25, 0.3) is 130 Å². The van der Waals surface area contributed by atoms with E-state index in [4.69, 9.17) is 0 Å². The summed E-state index contributed by atoms with van der Waals surface area (Å²) >= 11 is 1.87. The summed E-state index contributed by atoms with van der Waals surface area (Å²) in [6.07, 6.45) is 0. The zero-order chi connectivity index (χ0) is 39.8. The van der Waals surface area contributed by atoms with Crippen molar-refractivity contribution in [1.82, 2.24) is 9.13 Å². The van der Waals surface area contributed by atoms with Crippen molar-refractivity contribution in [3.8, 4) is 55.9 Å². The van der Waals surface area contributed by atoms with Crippen LogP contribution in [0.5, 0.6) is 0 Å². The van der Waals surface area contributed by atoms with E-state index in [2.05, 4.69) is 215 Å². The van der Waals surface area contributed by atoms with E-state index in [1.54, 1.807) is 0 Å². The minimum Gasteiger partial charge on any atom is -0.309 e. The largest absolute Gasteiger partial charge is 0.309 e. The summed E-state index contributed by atoms with van der Waals surface area (Å²) in [7, 11) is 0. The van der Waals surface area contributed by atoms with Crippen LogP contribution in [0.1, 0.15) is 0 Å². The Morgan fingerprint density at radius 3 is 1.69 bits per heavy atom. The first-order chi connectivity index (χ1) is 30.2. The van der Waals surface area contributed by atoms with Crippen molar-refractivity contribution >= 4 is 85.9 Å². The van der Waals surface area contributed by atoms with Gasteiger partial charge in [-0.2, -0.15) is 0 Å². The van der Waals surface area contributed by atoms with E-state index in [-0.39, 0.29) is 0 Å². The number of fused-ring (bicyclic) bond motifs is 12. The molecule has 0 radical (unpaired) electrons. The molecule has 1 aliphatic rings. The normalized spacial score (nSPS) is 12.3. The summed E-state index contributed by atoms with van der Waals surface area (Å²) in [6, 6.07) is 76.8. The van der Waals surface area contributed by atoms with Crippen LogP contribution < -0.4 is 0 Å². The first kappa shape index (κ1) is 33.1. The second-order valence-electron chi connectivity index (χ2n) is 16.4. The molecule has 0 fully saturated rings. The third-order valence-corrected chi connectivity index (χ3v) is 14.4. The second kappa shape index (κ2) is 12.4. The Bertz CT molecular complexity index is 3980. The van der Waals surface area contributed by atoms with Gasteiger partial charge in [-0.05, 0) is 122 Å². The molecule has 3 aromatic heterocycles. The summed E-state index contributed by atoms with van der Waals surface area (Å²) in [5, 5.41) is 10.3. The molecule has 0 bridgehead atoms. The molecule has 10 aromatic carbocycles. The summed E-state index contributed by atoms with van der Waals surface area (Å²) < 4.78 is 7.55. The van der Waals surface area contributed by atoms with E-state index in [1.165, 1.54) is 125 Å². The van der Waals surface area contributed by atoms with Crippen molar-refractivity contribution in [2.45, 2.75) is 0 Å². The number of benzene rings is 10. The molecule has 0 spiro atoms. The standard InChI is InChI=1S/C58H34N2S/c1-2-14-42-41(13-1)48-19-10-18-47-40(27-28-49(42)58(47)48)37-11-9-12-38(31-37)60-52-20-6-3-15-43(52)45-26-23-36(33-55(45)60)35-24-29-54-50(32-35)44-16-4-7-21-53(44)59(54)39-25-30-57-51(34-39)46-17-5-8-22-56(46)61-57/h1-34H. The molecule has 3 heterocycles. The zero-order valence-electron chi connectivity index (χ0n) is 32.9. The first-order valence-electron chi connectivity index (χ1n) is 21.0. The van der Waals surface area contributed by atoms with E-state index in [1.807, 2.05) is 11.3 Å². The van der Waals surface area contributed by atoms with Crippen LogP contribution in [0.4, 0.5) is 0 Å². The van der Waals surface area contributed by atoms with Crippen molar-refractivity contribution < 1.29 is 0 Å². The average Bonchev–Trinajstić information content (AvgIpc) is 4.06. The van der Waals surface area contributed by atoms with E-state index in [0.717, 1.165) is 5.69 Å². The lowest BCUT2D eigenvalue weighted by molar-refractivity contribution is 1.18. The minimum absolute atomic E-state index is 1.15. The molecule has 14 rings (SSSR count). The fraction of sp³-hybridized carbons (Fsp3) is 0. The molecular formula is C58H34N2S. The zero-order valence-corrected chi connectivity index (χ0v) is 33.7. The third kappa shape index (κ3) is 4.67. The molecule has 0 saturated carbocycles. The molecule has 0 unspecified atom stereocenters. The minimum atomic E-state index is 1.15. The lowest BCUT2D eigenvalue weighted by Crippen LogP contribution is -1.95. The molecule has 2 nitrogen and oxygen atoms in total. The number of para-hydroxylation sites is 2. The molecule has 0 aliphatic heterocycles. The molecule has 0 saturated heterocycles. The maximum Gasteiger partial charge on any atom is 0.0547 e. The lowest BCUT2D eigenvalue weighted by Gasteiger charge is -2.13. The van der Waals surface area contributed by atoms with E-state index in [9.17, 15) is 0 Å². The fourth-order valence-electron chi connectivity index (χ4n) is 10.6. The topological polar surface area (TPSA) is 9.86 Å². The number of hydrogen-bond donors (Lipinski definition) is 0. The Balaban J connectivity index is 0.926. The number of aromatic nitrogens is 2. The van der Waals surface area contributed by atoms with Gasteiger partial charge < -0.3 is 9.13 Å². The van der Waals surface area contributed by atoms with Crippen molar-refractivity contribution in [2.24, 2.45) is 0 Å². The number of hydrogen-bond acceptors (Lipinski definition) is 1. The molecule has 0 amide bonds. The predicted molar refractivity (Wildman–Crippen MR) is 261 cm³/mol.